The van der Waals surface area contributed by atoms with E-state index in [2.05, 4.69) is 18.2 Å². The van der Waals surface area contributed by atoms with E-state index in [1.165, 1.54) is 10.4 Å². The first-order chi connectivity index (χ1) is 9.65. The van der Waals surface area contributed by atoms with Crippen LogP contribution >= 0.6 is 11.3 Å². The fourth-order valence-electron chi connectivity index (χ4n) is 2.03. The standard InChI is InChI=1S/C16H20N2OS/c1-17(11-14-7-4-3-5-8-14)13-16(19)18(2)12-15-9-6-10-20-15/h3-10H,11-13H2,1-2H3. The summed E-state index contributed by atoms with van der Waals surface area (Å²) in [5.41, 5.74) is 1.23. The van der Waals surface area contributed by atoms with Crippen LogP contribution in [0, 0.1) is 0 Å². The van der Waals surface area contributed by atoms with E-state index in [-0.39, 0.29) is 5.91 Å². The second-order valence-electron chi connectivity index (χ2n) is 4.99. The molecule has 1 heterocycles. The van der Waals surface area contributed by atoms with E-state index < -0.39 is 0 Å². The molecule has 0 saturated heterocycles. The Morgan fingerprint density at radius 2 is 1.80 bits per heavy atom. The zero-order valence-corrected chi connectivity index (χ0v) is 12.8. The number of nitrogens with zero attached hydrogens (tertiary/aromatic N) is 2. The number of thiophene rings is 1. The summed E-state index contributed by atoms with van der Waals surface area (Å²) in [5.74, 6) is 0.150. The predicted octanol–water partition coefficient (Wildman–Crippen LogP) is 2.84. The fraction of sp³-hybridized carbons (Fsp3) is 0.312. The lowest BCUT2D eigenvalue weighted by Crippen LogP contribution is -2.35. The minimum absolute atomic E-state index is 0.150. The molecule has 1 aromatic heterocycles. The predicted molar refractivity (Wildman–Crippen MR) is 83.6 cm³/mol. The molecule has 0 aliphatic rings. The van der Waals surface area contributed by atoms with Gasteiger partial charge in [0, 0.05) is 18.5 Å². The molecule has 0 N–H and O–H groups in total. The van der Waals surface area contributed by atoms with Crippen molar-refractivity contribution in [2.24, 2.45) is 0 Å². The van der Waals surface area contributed by atoms with Crippen LogP contribution in [0.25, 0.3) is 0 Å². The van der Waals surface area contributed by atoms with E-state index in [1.54, 1.807) is 16.2 Å². The van der Waals surface area contributed by atoms with Gasteiger partial charge in [-0.1, -0.05) is 36.4 Å². The molecule has 0 atom stereocenters. The Morgan fingerprint density at radius 1 is 1.05 bits per heavy atom. The van der Waals surface area contributed by atoms with Gasteiger partial charge >= 0.3 is 0 Å². The van der Waals surface area contributed by atoms with E-state index >= 15 is 0 Å². The van der Waals surface area contributed by atoms with Gasteiger partial charge in [-0.05, 0) is 24.1 Å². The molecule has 3 nitrogen and oxygen atoms in total. The van der Waals surface area contributed by atoms with Gasteiger partial charge in [-0.15, -0.1) is 11.3 Å². The molecule has 0 aliphatic carbocycles. The van der Waals surface area contributed by atoms with Gasteiger partial charge in [0.15, 0.2) is 0 Å². The first-order valence-electron chi connectivity index (χ1n) is 6.64. The lowest BCUT2D eigenvalue weighted by atomic mass is 10.2. The highest BCUT2D eigenvalue weighted by Gasteiger charge is 2.12. The Morgan fingerprint density at radius 3 is 2.45 bits per heavy atom. The summed E-state index contributed by atoms with van der Waals surface area (Å²) in [6.07, 6.45) is 0. The van der Waals surface area contributed by atoms with E-state index in [0.717, 1.165) is 6.54 Å². The molecule has 2 rings (SSSR count). The van der Waals surface area contributed by atoms with Crippen molar-refractivity contribution in [2.75, 3.05) is 20.6 Å². The normalized spacial score (nSPS) is 10.8. The van der Waals surface area contributed by atoms with Crippen molar-refractivity contribution in [3.05, 3.63) is 58.3 Å². The van der Waals surface area contributed by atoms with E-state index in [9.17, 15) is 4.79 Å². The van der Waals surface area contributed by atoms with Crippen LogP contribution < -0.4 is 0 Å². The highest BCUT2D eigenvalue weighted by Crippen LogP contribution is 2.11. The maximum atomic E-state index is 12.2. The lowest BCUT2D eigenvalue weighted by Gasteiger charge is -2.21. The molecule has 2 aromatic rings. The van der Waals surface area contributed by atoms with Crippen molar-refractivity contribution >= 4 is 17.2 Å². The summed E-state index contributed by atoms with van der Waals surface area (Å²) in [6.45, 7) is 1.92. The number of likely N-dealkylation sites (N-methyl/N-ethyl adjacent to an activating group) is 2. The molecule has 0 aliphatic heterocycles. The molecule has 4 heteroatoms. The van der Waals surface area contributed by atoms with Crippen molar-refractivity contribution in [2.45, 2.75) is 13.1 Å². The van der Waals surface area contributed by atoms with E-state index in [1.807, 2.05) is 48.6 Å². The first kappa shape index (κ1) is 14.8. The van der Waals surface area contributed by atoms with Crippen LogP contribution in [0.4, 0.5) is 0 Å². The molecular formula is C16H20N2OS. The quantitative estimate of drug-likeness (QED) is 0.816. The summed E-state index contributed by atoms with van der Waals surface area (Å²) in [6, 6.07) is 14.3. The average molecular weight is 288 g/mol. The van der Waals surface area contributed by atoms with Crippen LogP contribution in [0.1, 0.15) is 10.4 Å². The Balaban J connectivity index is 1.81. The summed E-state index contributed by atoms with van der Waals surface area (Å²) in [7, 11) is 3.84. The van der Waals surface area contributed by atoms with E-state index in [0.29, 0.717) is 13.1 Å². The van der Waals surface area contributed by atoms with Crippen LogP contribution in [-0.4, -0.2) is 36.3 Å². The molecule has 0 unspecified atom stereocenters. The van der Waals surface area contributed by atoms with Crippen LogP contribution in [-0.2, 0) is 17.9 Å². The van der Waals surface area contributed by atoms with Crippen LogP contribution in [0.3, 0.4) is 0 Å². The summed E-state index contributed by atoms with van der Waals surface area (Å²) in [4.78, 5) is 17.2. The molecule has 20 heavy (non-hydrogen) atoms. The van der Waals surface area contributed by atoms with Crippen LogP contribution in [0.15, 0.2) is 47.8 Å². The molecule has 1 aromatic carbocycles. The SMILES string of the molecule is CN(CC(=O)N(C)Cc1cccs1)Cc1ccccc1. The number of rotatable bonds is 6. The molecule has 1 amide bonds. The maximum Gasteiger partial charge on any atom is 0.236 e. The van der Waals surface area contributed by atoms with Gasteiger partial charge in [0.1, 0.15) is 0 Å². The molecule has 0 bridgehead atoms. The van der Waals surface area contributed by atoms with Crippen molar-refractivity contribution in [1.82, 2.24) is 9.80 Å². The maximum absolute atomic E-state index is 12.2. The van der Waals surface area contributed by atoms with Gasteiger partial charge in [-0.25, -0.2) is 0 Å². The third-order valence-corrected chi connectivity index (χ3v) is 3.96. The van der Waals surface area contributed by atoms with Gasteiger partial charge < -0.3 is 4.90 Å². The van der Waals surface area contributed by atoms with Gasteiger partial charge in [0.2, 0.25) is 5.91 Å². The second kappa shape index (κ2) is 7.22. The number of carbonyl (C=O) groups excluding carboxylic acids is 1. The lowest BCUT2D eigenvalue weighted by molar-refractivity contribution is -0.131. The molecule has 0 fully saturated rings. The van der Waals surface area contributed by atoms with Crippen molar-refractivity contribution < 1.29 is 4.79 Å². The average Bonchev–Trinajstić information content (AvgIpc) is 2.92. The molecule has 106 valence electrons. The zero-order valence-electron chi connectivity index (χ0n) is 12.0. The fourth-order valence-corrected chi connectivity index (χ4v) is 2.78. The second-order valence-corrected chi connectivity index (χ2v) is 6.02. The van der Waals surface area contributed by atoms with Crippen LogP contribution in [0.5, 0.6) is 0 Å². The van der Waals surface area contributed by atoms with Gasteiger partial charge in [-0.2, -0.15) is 0 Å². The number of hydrogen-bond donors (Lipinski definition) is 0. The minimum atomic E-state index is 0.150. The van der Waals surface area contributed by atoms with Gasteiger partial charge in [0.25, 0.3) is 0 Å². The number of carbonyl (C=O) groups is 1. The Labute approximate surface area is 124 Å². The van der Waals surface area contributed by atoms with Gasteiger partial charge in [0.05, 0.1) is 13.1 Å². The zero-order chi connectivity index (χ0) is 14.4. The molecule has 0 saturated carbocycles. The molecular weight excluding hydrogens is 268 g/mol. The molecule has 0 radical (unpaired) electrons. The van der Waals surface area contributed by atoms with Crippen molar-refractivity contribution in [3.63, 3.8) is 0 Å². The van der Waals surface area contributed by atoms with Crippen LogP contribution in [0.2, 0.25) is 0 Å². The van der Waals surface area contributed by atoms with Gasteiger partial charge in [-0.3, -0.25) is 9.69 Å². The van der Waals surface area contributed by atoms with E-state index in [4.69, 9.17) is 0 Å². The third kappa shape index (κ3) is 4.47. The minimum Gasteiger partial charge on any atom is -0.340 e. The number of hydrogen-bond acceptors (Lipinski definition) is 3. The topological polar surface area (TPSA) is 23.6 Å². The number of amides is 1. The van der Waals surface area contributed by atoms with Crippen molar-refractivity contribution in [1.29, 1.82) is 0 Å². The largest absolute Gasteiger partial charge is 0.340 e. The van der Waals surface area contributed by atoms with Crippen molar-refractivity contribution in [3.8, 4) is 0 Å². The molecule has 0 spiro atoms. The summed E-state index contributed by atoms with van der Waals surface area (Å²) < 4.78 is 0. The number of benzene rings is 1. The smallest absolute Gasteiger partial charge is 0.236 e. The highest BCUT2D eigenvalue weighted by molar-refractivity contribution is 7.09. The third-order valence-electron chi connectivity index (χ3n) is 3.10. The highest BCUT2D eigenvalue weighted by atomic mass is 32.1. The summed E-state index contributed by atoms with van der Waals surface area (Å²) >= 11 is 1.68. The first-order valence-corrected chi connectivity index (χ1v) is 7.52. The Bertz CT molecular complexity index is 525. The Hall–Kier alpha value is -1.65. The Kier molecular flexibility index (Phi) is 5.32. The summed E-state index contributed by atoms with van der Waals surface area (Å²) in [5, 5.41) is 2.04. The monoisotopic (exact) mass is 288 g/mol.